The van der Waals surface area contributed by atoms with Crippen molar-refractivity contribution in [3.05, 3.63) is 34.4 Å². The van der Waals surface area contributed by atoms with Gasteiger partial charge in [0.25, 0.3) is 5.69 Å². The summed E-state index contributed by atoms with van der Waals surface area (Å²) in [5.41, 5.74) is -0.645. The Labute approximate surface area is 134 Å². The predicted molar refractivity (Wildman–Crippen MR) is 83.5 cm³/mol. The summed E-state index contributed by atoms with van der Waals surface area (Å²) in [6, 6.07) is 5.52. The highest BCUT2D eigenvalue weighted by molar-refractivity contribution is 5.67. The van der Waals surface area contributed by atoms with Gasteiger partial charge in [-0.05, 0) is 32.9 Å². The van der Waals surface area contributed by atoms with Crippen molar-refractivity contribution in [2.75, 3.05) is 20.2 Å². The van der Waals surface area contributed by atoms with Crippen LogP contribution in [0.25, 0.3) is 0 Å². The van der Waals surface area contributed by atoms with Gasteiger partial charge in [-0.3, -0.25) is 10.1 Å². The number of aliphatic hydroxyl groups is 1. The molecule has 0 aliphatic carbocycles. The average molecular weight is 326 g/mol. The maximum atomic E-state index is 11.8. The van der Waals surface area contributed by atoms with Gasteiger partial charge in [-0.2, -0.15) is 0 Å². The summed E-state index contributed by atoms with van der Waals surface area (Å²) < 4.78 is 10.5. The van der Waals surface area contributed by atoms with Gasteiger partial charge >= 0.3 is 6.09 Å². The molecule has 0 bridgehead atoms. The fraction of sp³-hybridized carbons (Fsp3) is 0.533. The van der Waals surface area contributed by atoms with Gasteiger partial charge in [0.05, 0.1) is 11.5 Å². The predicted octanol–water partition coefficient (Wildman–Crippen LogP) is 2.20. The van der Waals surface area contributed by atoms with Crippen molar-refractivity contribution in [1.82, 2.24) is 4.90 Å². The van der Waals surface area contributed by atoms with E-state index in [1.54, 1.807) is 20.8 Å². The van der Waals surface area contributed by atoms with Crippen LogP contribution >= 0.6 is 0 Å². The van der Waals surface area contributed by atoms with Crippen molar-refractivity contribution in [3.63, 3.8) is 0 Å². The van der Waals surface area contributed by atoms with Gasteiger partial charge in [-0.15, -0.1) is 0 Å². The number of non-ortho nitro benzene ring substituents is 1. The lowest BCUT2D eigenvalue weighted by Gasteiger charge is -2.26. The third-order valence-electron chi connectivity index (χ3n) is 2.68. The lowest BCUT2D eigenvalue weighted by atomic mass is 10.2. The lowest BCUT2D eigenvalue weighted by Crippen LogP contribution is -2.40. The summed E-state index contributed by atoms with van der Waals surface area (Å²) in [7, 11) is 1.52. The number of hydrogen-bond acceptors (Lipinski definition) is 6. The molecule has 0 radical (unpaired) electrons. The smallest absolute Gasteiger partial charge is 0.410 e. The number of benzene rings is 1. The maximum Gasteiger partial charge on any atom is 0.410 e. The summed E-state index contributed by atoms with van der Waals surface area (Å²) in [5, 5.41) is 20.4. The molecule has 0 spiro atoms. The number of carbonyl (C=O) groups excluding carboxylic acids is 1. The van der Waals surface area contributed by atoms with Crippen LogP contribution in [0.3, 0.4) is 0 Å². The minimum Gasteiger partial charge on any atom is -0.491 e. The molecule has 1 amide bonds. The number of rotatable bonds is 6. The Kier molecular flexibility index (Phi) is 6.32. The maximum absolute atomic E-state index is 11.8. The largest absolute Gasteiger partial charge is 0.491 e. The molecular weight excluding hydrogens is 304 g/mol. The van der Waals surface area contributed by atoms with Crippen LogP contribution in [0, 0.1) is 10.1 Å². The first-order valence-corrected chi connectivity index (χ1v) is 7.08. The zero-order valence-corrected chi connectivity index (χ0v) is 13.7. The van der Waals surface area contributed by atoms with E-state index in [4.69, 9.17) is 9.47 Å². The molecule has 128 valence electrons. The van der Waals surface area contributed by atoms with Gasteiger partial charge in [0.2, 0.25) is 0 Å². The number of nitro benzene ring substituents is 1. The summed E-state index contributed by atoms with van der Waals surface area (Å²) in [6.45, 7) is 5.26. The standard InChI is InChI=1S/C15H22N2O6/c1-15(2,3)23-14(19)16(4)9-12(18)10-22-13-7-5-11(6-8-13)17(20)21/h5-8,12,18H,9-10H2,1-4H3. The first-order chi connectivity index (χ1) is 10.6. The number of nitrogens with zero attached hydrogens (tertiary/aromatic N) is 2. The van der Waals surface area contributed by atoms with Crippen molar-refractivity contribution in [2.45, 2.75) is 32.5 Å². The normalized spacial score (nSPS) is 12.4. The number of carbonyl (C=O) groups is 1. The van der Waals surface area contributed by atoms with Gasteiger partial charge in [0, 0.05) is 19.2 Å². The second-order valence-corrected chi connectivity index (χ2v) is 6.08. The summed E-state index contributed by atoms with van der Waals surface area (Å²) in [6.07, 6.45) is -1.45. The number of hydrogen-bond donors (Lipinski definition) is 1. The highest BCUT2D eigenvalue weighted by Gasteiger charge is 2.21. The molecule has 8 heteroatoms. The van der Waals surface area contributed by atoms with E-state index in [1.807, 2.05) is 0 Å². The second-order valence-electron chi connectivity index (χ2n) is 6.08. The SMILES string of the molecule is CN(CC(O)COc1ccc([N+](=O)[O-])cc1)C(=O)OC(C)(C)C. The quantitative estimate of drug-likeness (QED) is 0.635. The zero-order chi connectivity index (χ0) is 17.6. The Bertz CT molecular complexity index is 538. The molecule has 23 heavy (non-hydrogen) atoms. The van der Waals surface area contributed by atoms with Crippen LogP contribution in [0.4, 0.5) is 10.5 Å². The van der Waals surface area contributed by atoms with E-state index < -0.39 is 22.7 Å². The first kappa shape index (κ1) is 18.7. The highest BCUT2D eigenvalue weighted by atomic mass is 16.6. The fourth-order valence-corrected chi connectivity index (χ4v) is 1.64. The van der Waals surface area contributed by atoms with Crippen molar-refractivity contribution in [2.24, 2.45) is 0 Å². The zero-order valence-electron chi connectivity index (χ0n) is 13.7. The van der Waals surface area contributed by atoms with E-state index in [1.165, 1.54) is 36.2 Å². The number of aliphatic hydroxyl groups excluding tert-OH is 1. The summed E-state index contributed by atoms with van der Waals surface area (Å²) in [5.74, 6) is 0.398. The van der Waals surface area contributed by atoms with E-state index >= 15 is 0 Å². The lowest BCUT2D eigenvalue weighted by molar-refractivity contribution is -0.384. The minimum absolute atomic E-state index is 0.0393. The van der Waals surface area contributed by atoms with Crippen LogP contribution < -0.4 is 4.74 Å². The van der Waals surface area contributed by atoms with E-state index in [9.17, 15) is 20.0 Å². The van der Waals surface area contributed by atoms with Gasteiger partial charge in [0.15, 0.2) is 0 Å². The van der Waals surface area contributed by atoms with Gasteiger partial charge in [-0.1, -0.05) is 0 Å². The number of amides is 1. The molecular formula is C15H22N2O6. The third kappa shape index (κ3) is 6.96. The van der Waals surface area contributed by atoms with Crippen LogP contribution in [0.15, 0.2) is 24.3 Å². The molecule has 0 aromatic heterocycles. The highest BCUT2D eigenvalue weighted by Crippen LogP contribution is 2.17. The van der Waals surface area contributed by atoms with Crippen LogP contribution in [-0.4, -0.2) is 52.9 Å². The molecule has 0 fully saturated rings. The Hall–Kier alpha value is -2.35. The first-order valence-electron chi connectivity index (χ1n) is 7.08. The molecule has 1 aromatic rings. The molecule has 1 N–H and O–H groups in total. The topological polar surface area (TPSA) is 102 Å². The van der Waals surface area contributed by atoms with E-state index in [-0.39, 0.29) is 18.8 Å². The van der Waals surface area contributed by atoms with E-state index in [0.29, 0.717) is 5.75 Å². The van der Waals surface area contributed by atoms with Gasteiger partial charge in [-0.25, -0.2) is 4.79 Å². The molecule has 0 saturated carbocycles. The molecule has 0 saturated heterocycles. The Morgan fingerprint density at radius 3 is 2.39 bits per heavy atom. The van der Waals surface area contributed by atoms with Crippen molar-refractivity contribution < 1.29 is 24.3 Å². The Balaban J connectivity index is 2.43. The van der Waals surface area contributed by atoms with E-state index in [0.717, 1.165) is 0 Å². The summed E-state index contributed by atoms with van der Waals surface area (Å²) >= 11 is 0. The summed E-state index contributed by atoms with van der Waals surface area (Å²) in [4.78, 5) is 23.0. The number of ether oxygens (including phenoxy) is 2. The van der Waals surface area contributed by atoms with Gasteiger partial charge in [0.1, 0.15) is 24.1 Å². The second kappa shape index (κ2) is 7.77. The van der Waals surface area contributed by atoms with Crippen LogP contribution in [-0.2, 0) is 4.74 Å². The molecule has 8 nitrogen and oxygen atoms in total. The fourth-order valence-electron chi connectivity index (χ4n) is 1.64. The molecule has 0 aliphatic heterocycles. The number of likely N-dealkylation sites (N-methyl/N-ethyl adjacent to an activating group) is 1. The molecule has 1 aromatic carbocycles. The van der Waals surface area contributed by atoms with Gasteiger partial charge < -0.3 is 19.5 Å². The van der Waals surface area contributed by atoms with Crippen molar-refractivity contribution >= 4 is 11.8 Å². The average Bonchev–Trinajstić information content (AvgIpc) is 2.43. The van der Waals surface area contributed by atoms with Crippen LogP contribution in [0.5, 0.6) is 5.75 Å². The van der Waals surface area contributed by atoms with E-state index in [2.05, 4.69) is 0 Å². The van der Waals surface area contributed by atoms with Crippen LogP contribution in [0.1, 0.15) is 20.8 Å². The van der Waals surface area contributed by atoms with Crippen LogP contribution in [0.2, 0.25) is 0 Å². The molecule has 1 atom stereocenters. The molecule has 1 rings (SSSR count). The van der Waals surface area contributed by atoms with Crippen molar-refractivity contribution in [3.8, 4) is 5.75 Å². The molecule has 0 heterocycles. The number of nitro groups is 1. The monoisotopic (exact) mass is 326 g/mol. The minimum atomic E-state index is -0.914. The third-order valence-corrected chi connectivity index (χ3v) is 2.68. The molecule has 1 unspecified atom stereocenters. The van der Waals surface area contributed by atoms with Crippen molar-refractivity contribution in [1.29, 1.82) is 0 Å². The molecule has 0 aliphatic rings. The Morgan fingerprint density at radius 1 is 1.35 bits per heavy atom. The Morgan fingerprint density at radius 2 is 1.91 bits per heavy atom.